The number of carbonyl (C=O) groups excluding carboxylic acids is 1. The summed E-state index contributed by atoms with van der Waals surface area (Å²) < 4.78 is 1.94. The Labute approximate surface area is 117 Å². The molecule has 20 heavy (non-hydrogen) atoms. The predicted molar refractivity (Wildman–Crippen MR) is 77.9 cm³/mol. The summed E-state index contributed by atoms with van der Waals surface area (Å²) in [5.41, 5.74) is 10.6. The predicted octanol–water partition coefficient (Wildman–Crippen LogP) is 1.95. The Morgan fingerprint density at radius 2 is 2.10 bits per heavy atom. The van der Waals surface area contributed by atoms with Gasteiger partial charge in [0.05, 0.1) is 11.4 Å². The second-order valence-corrected chi connectivity index (χ2v) is 4.98. The molecule has 0 spiro atoms. The molecule has 0 aliphatic carbocycles. The van der Waals surface area contributed by atoms with Crippen LogP contribution in [0.1, 0.15) is 36.8 Å². The number of carbonyl (C=O) groups is 1. The van der Waals surface area contributed by atoms with Crippen molar-refractivity contribution in [3.05, 3.63) is 41.2 Å². The van der Waals surface area contributed by atoms with Crippen LogP contribution in [0.2, 0.25) is 0 Å². The smallest absolute Gasteiger partial charge is 0.245 e. The lowest BCUT2D eigenvalue weighted by molar-refractivity contribution is -0.116. The SMILES string of the molecule is CCc1cc(CC)n(-c2ccc3c(c2)NC(=O)C3N)n1. The fourth-order valence-corrected chi connectivity index (χ4v) is 2.53. The highest BCUT2D eigenvalue weighted by atomic mass is 16.2. The number of nitrogens with one attached hydrogen (secondary N) is 1. The molecule has 0 saturated carbocycles. The highest BCUT2D eigenvalue weighted by Gasteiger charge is 2.27. The van der Waals surface area contributed by atoms with Crippen molar-refractivity contribution in [2.75, 3.05) is 5.32 Å². The number of benzene rings is 1. The molecular weight excluding hydrogens is 252 g/mol. The van der Waals surface area contributed by atoms with Gasteiger partial charge in [-0.1, -0.05) is 19.9 Å². The fraction of sp³-hybridized carbons (Fsp3) is 0.333. The monoisotopic (exact) mass is 270 g/mol. The van der Waals surface area contributed by atoms with E-state index in [0.717, 1.165) is 41.2 Å². The van der Waals surface area contributed by atoms with E-state index in [1.54, 1.807) is 0 Å². The second kappa shape index (κ2) is 4.76. The highest BCUT2D eigenvalue weighted by molar-refractivity contribution is 6.02. The number of aryl methyl sites for hydroxylation is 2. The Balaban J connectivity index is 2.06. The number of amides is 1. The van der Waals surface area contributed by atoms with Crippen LogP contribution in [-0.4, -0.2) is 15.7 Å². The zero-order valence-electron chi connectivity index (χ0n) is 11.7. The van der Waals surface area contributed by atoms with Gasteiger partial charge in [-0.3, -0.25) is 4.79 Å². The van der Waals surface area contributed by atoms with Crippen molar-refractivity contribution in [3.8, 4) is 5.69 Å². The second-order valence-electron chi connectivity index (χ2n) is 4.98. The molecule has 1 aliphatic heterocycles. The van der Waals surface area contributed by atoms with Crippen LogP contribution < -0.4 is 11.1 Å². The standard InChI is InChI=1S/C15H18N4O/c1-3-9-7-10(4-2)19(18-9)11-5-6-12-13(8-11)17-15(20)14(12)16/h5-8,14H,3-4,16H2,1-2H3,(H,17,20). The molecule has 5 nitrogen and oxygen atoms in total. The van der Waals surface area contributed by atoms with Crippen LogP contribution >= 0.6 is 0 Å². The largest absolute Gasteiger partial charge is 0.324 e. The van der Waals surface area contributed by atoms with Gasteiger partial charge >= 0.3 is 0 Å². The number of nitrogens with two attached hydrogens (primary N) is 1. The van der Waals surface area contributed by atoms with Crippen molar-refractivity contribution in [1.29, 1.82) is 0 Å². The van der Waals surface area contributed by atoms with Crippen molar-refractivity contribution in [3.63, 3.8) is 0 Å². The average molecular weight is 270 g/mol. The van der Waals surface area contributed by atoms with E-state index >= 15 is 0 Å². The van der Waals surface area contributed by atoms with E-state index in [1.807, 2.05) is 22.9 Å². The molecule has 1 atom stereocenters. The van der Waals surface area contributed by atoms with E-state index in [0.29, 0.717) is 0 Å². The van der Waals surface area contributed by atoms with Gasteiger partial charge in [0.1, 0.15) is 6.04 Å². The first-order chi connectivity index (χ1) is 9.63. The summed E-state index contributed by atoms with van der Waals surface area (Å²) in [6.07, 6.45) is 1.82. The van der Waals surface area contributed by atoms with Gasteiger partial charge in [-0.05, 0) is 31.0 Å². The van der Waals surface area contributed by atoms with E-state index in [-0.39, 0.29) is 5.91 Å². The summed E-state index contributed by atoms with van der Waals surface area (Å²) in [5, 5.41) is 7.42. The van der Waals surface area contributed by atoms with Gasteiger partial charge < -0.3 is 11.1 Å². The summed E-state index contributed by atoms with van der Waals surface area (Å²) in [5.74, 6) is -0.150. The number of hydrogen-bond donors (Lipinski definition) is 2. The lowest BCUT2D eigenvalue weighted by atomic mass is 10.1. The number of hydrogen-bond acceptors (Lipinski definition) is 3. The van der Waals surface area contributed by atoms with E-state index in [4.69, 9.17) is 5.73 Å². The zero-order chi connectivity index (χ0) is 14.3. The van der Waals surface area contributed by atoms with E-state index < -0.39 is 6.04 Å². The molecular formula is C15H18N4O. The number of anilines is 1. The maximum absolute atomic E-state index is 11.6. The van der Waals surface area contributed by atoms with Crippen LogP contribution in [0.15, 0.2) is 24.3 Å². The molecule has 104 valence electrons. The first-order valence-corrected chi connectivity index (χ1v) is 6.92. The van der Waals surface area contributed by atoms with Gasteiger partial charge in [0.15, 0.2) is 0 Å². The topological polar surface area (TPSA) is 72.9 Å². The summed E-state index contributed by atoms with van der Waals surface area (Å²) in [7, 11) is 0. The minimum Gasteiger partial charge on any atom is -0.324 e. The quantitative estimate of drug-likeness (QED) is 0.895. The molecule has 1 aliphatic rings. The third-order valence-corrected chi connectivity index (χ3v) is 3.72. The van der Waals surface area contributed by atoms with Gasteiger partial charge in [0, 0.05) is 16.9 Å². The first-order valence-electron chi connectivity index (χ1n) is 6.92. The molecule has 3 rings (SSSR count). The Bertz CT molecular complexity index is 675. The summed E-state index contributed by atoms with van der Waals surface area (Å²) >= 11 is 0. The van der Waals surface area contributed by atoms with Crippen LogP contribution in [0.5, 0.6) is 0 Å². The molecule has 2 heterocycles. The van der Waals surface area contributed by atoms with Crippen molar-refractivity contribution >= 4 is 11.6 Å². The summed E-state index contributed by atoms with van der Waals surface area (Å²) in [6, 6.07) is 7.36. The molecule has 1 amide bonds. The summed E-state index contributed by atoms with van der Waals surface area (Å²) in [6.45, 7) is 4.20. The molecule has 0 radical (unpaired) electrons. The Hall–Kier alpha value is -2.14. The Kier molecular flexibility index (Phi) is 3.06. The Morgan fingerprint density at radius 1 is 1.30 bits per heavy atom. The van der Waals surface area contributed by atoms with E-state index in [9.17, 15) is 4.79 Å². The van der Waals surface area contributed by atoms with Crippen LogP contribution in [0.25, 0.3) is 5.69 Å². The number of aromatic nitrogens is 2. The number of rotatable bonds is 3. The molecule has 2 aromatic rings. The molecule has 3 N–H and O–H groups in total. The third-order valence-electron chi connectivity index (χ3n) is 3.72. The molecule has 1 aromatic carbocycles. The molecule has 1 aromatic heterocycles. The van der Waals surface area contributed by atoms with Crippen LogP contribution in [0.4, 0.5) is 5.69 Å². The van der Waals surface area contributed by atoms with Crippen molar-refractivity contribution in [2.24, 2.45) is 5.73 Å². The fourth-order valence-electron chi connectivity index (χ4n) is 2.53. The van der Waals surface area contributed by atoms with Gasteiger partial charge in [-0.15, -0.1) is 0 Å². The lowest BCUT2D eigenvalue weighted by Gasteiger charge is -2.08. The van der Waals surface area contributed by atoms with Crippen molar-refractivity contribution in [2.45, 2.75) is 32.7 Å². The van der Waals surface area contributed by atoms with E-state index in [1.165, 1.54) is 0 Å². The number of fused-ring (bicyclic) bond motifs is 1. The first kappa shape index (κ1) is 12.9. The van der Waals surface area contributed by atoms with Gasteiger partial charge in [-0.2, -0.15) is 5.10 Å². The van der Waals surface area contributed by atoms with E-state index in [2.05, 4.69) is 30.3 Å². The average Bonchev–Trinajstić information content (AvgIpc) is 3.00. The van der Waals surface area contributed by atoms with Crippen LogP contribution in [0, 0.1) is 0 Å². The van der Waals surface area contributed by atoms with Gasteiger partial charge in [0.25, 0.3) is 0 Å². The Morgan fingerprint density at radius 3 is 2.80 bits per heavy atom. The summed E-state index contributed by atoms with van der Waals surface area (Å²) in [4.78, 5) is 11.6. The minimum atomic E-state index is -0.562. The van der Waals surface area contributed by atoms with Crippen molar-refractivity contribution in [1.82, 2.24) is 9.78 Å². The zero-order valence-corrected chi connectivity index (χ0v) is 11.7. The molecule has 0 bridgehead atoms. The maximum Gasteiger partial charge on any atom is 0.245 e. The number of nitrogens with zero attached hydrogens (tertiary/aromatic N) is 2. The molecule has 1 unspecified atom stereocenters. The maximum atomic E-state index is 11.6. The van der Waals surface area contributed by atoms with Gasteiger partial charge in [0.2, 0.25) is 5.91 Å². The van der Waals surface area contributed by atoms with Gasteiger partial charge in [-0.25, -0.2) is 4.68 Å². The molecule has 0 saturated heterocycles. The highest BCUT2D eigenvalue weighted by Crippen LogP contribution is 2.31. The molecule has 0 fully saturated rings. The normalized spacial score (nSPS) is 17.1. The minimum absolute atomic E-state index is 0.150. The third kappa shape index (κ3) is 1.91. The van der Waals surface area contributed by atoms with Crippen LogP contribution in [-0.2, 0) is 17.6 Å². The van der Waals surface area contributed by atoms with Crippen LogP contribution in [0.3, 0.4) is 0 Å². The van der Waals surface area contributed by atoms with Crippen molar-refractivity contribution < 1.29 is 4.79 Å². The molecule has 5 heteroatoms. The lowest BCUT2D eigenvalue weighted by Crippen LogP contribution is -2.19.